The second-order valence-corrected chi connectivity index (χ2v) is 7.29. The molecular weight excluding hydrogens is 401 g/mol. The molecule has 26 heavy (non-hydrogen) atoms. The van der Waals surface area contributed by atoms with Gasteiger partial charge in [-0.2, -0.15) is 0 Å². The molecule has 1 aromatic carbocycles. The molecule has 2 N–H and O–H groups in total. The highest BCUT2D eigenvalue weighted by Crippen LogP contribution is 2.32. The summed E-state index contributed by atoms with van der Waals surface area (Å²) in [4.78, 5) is 29.3. The SMILES string of the molecule is O=C(O)NCC1CN(C(=O)c2csc(-c3ccc(Cl)cc3Cl)n2)CCO1. The van der Waals surface area contributed by atoms with Crippen molar-refractivity contribution in [1.82, 2.24) is 15.2 Å². The summed E-state index contributed by atoms with van der Waals surface area (Å²) in [5.41, 5.74) is 1.04. The fraction of sp³-hybridized carbons (Fsp3) is 0.312. The highest BCUT2D eigenvalue weighted by molar-refractivity contribution is 7.13. The number of carbonyl (C=O) groups is 2. The minimum Gasteiger partial charge on any atom is -0.465 e. The van der Waals surface area contributed by atoms with Crippen LogP contribution < -0.4 is 5.32 Å². The Morgan fingerprint density at radius 1 is 1.42 bits per heavy atom. The smallest absolute Gasteiger partial charge is 0.404 e. The number of rotatable bonds is 4. The molecule has 7 nitrogen and oxygen atoms in total. The zero-order valence-corrected chi connectivity index (χ0v) is 15.8. The highest BCUT2D eigenvalue weighted by Gasteiger charge is 2.27. The van der Waals surface area contributed by atoms with Crippen LogP contribution >= 0.6 is 34.5 Å². The molecule has 0 saturated carbocycles. The van der Waals surface area contributed by atoms with Gasteiger partial charge in [-0.25, -0.2) is 9.78 Å². The van der Waals surface area contributed by atoms with Gasteiger partial charge in [0, 0.05) is 35.6 Å². The van der Waals surface area contributed by atoms with Gasteiger partial charge in [0.05, 0.1) is 17.7 Å². The minimum atomic E-state index is -1.12. The molecule has 138 valence electrons. The van der Waals surface area contributed by atoms with E-state index >= 15 is 0 Å². The van der Waals surface area contributed by atoms with Gasteiger partial charge in [0.15, 0.2) is 0 Å². The summed E-state index contributed by atoms with van der Waals surface area (Å²) in [6.07, 6.45) is -1.51. The normalized spacial score (nSPS) is 17.2. The highest BCUT2D eigenvalue weighted by atomic mass is 35.5. The fourth-order valence-corrected chi connectivity index (χ4v) is 3.94. The van der Waals surface area contributed by atoms with Crippen molar-refractivity contribution in [3.8, 4) is 10.6 Å². The first kappa shape index (κ1) is 18.9. The first-order valence-electron chi connectivity index (χ1n) is 7.72. The largest absolute Gasteiger partial charge is 0.465 e. The first-order chi connectivity index (χ1) is 12.4. The molecule has 1 saturated heterocycles. The summed E-state index contributed by atoms with van der Waals surface area (Å²) in [6, 6.07) is 5.11. The van der Waals surface area contributed by atoms with Crippen LogP contribution in [0.3, 0.4) is 0 Å². The maximum absolute atomic E-state index is 12.7. The van der Waals surface area contributed by atoms with Crippen LogP contribution in [0.5, 0.6) is 0 Å². The third-order valence-corrected chi connectivity index (χ3v) is 5.22. The number of nitrogens with zero attached hydrogens (tertiary/aromatic N) is 2. The third-order valence-electron chi connectivity index (χ3n) is 3.79. The number of aromatic nitrogens is 1. The molecule has 0 radical (unpaired) electrons. The Labute approximate surface area is 163 Å². The quantitative estimate of drug-likeness (QED) is 0.799. The predicted octanol–water partition coefficient (Wildman–Crippen LogP) is 3.23. The van der Waals surface area contributed by atoms with Gasteiger partial charge in [0.25, 0.3) is 5.91 Å². The van der Waals surface area contributed by atoms with Crippen molar-refractivity contribution < 1.29 is 19.4 Å². The Hall–Kier alpha value is -1.87. The summed E-state index contributed by atoms with van der Waals surface area (Å²) in [7, 11) is 0. The summed E-state index contributed by atoms with van der Waals surface area (Å²) >= 11 is 13.4. The molecule has 1 aliphatic rings. The van der Waals surface area contributed by atoms with Crippen LogP contribution in [-0.2, 0) is 4.74 Å². The average molecular weight is 416 g/mol. The Kier molecular flexibility index (Phi) is 5.98. The zero-order valence-electron chi connectivity index (χ0n) is 13.4. The Morgan fingerprint density at radius 3 is 2.96 bits per heavy atom. The molecule has 10 heteroatoms. The molecule has 2 heterocycles. The van der Waals surface area contributed by atoms with Gasteiger partial charge in [-0.05, 0) is 18.2 Å². The van der Waals surface area contributed by atoms with Crippen molar-refractivity contribution in [1.29, 1.82) is 0 Å². The molecule has 1 unspecified atom stereocenters. The number of hydrogen-bond donors (Lipinski definition) is 2. The van der Waals surface area contributed by atoms with Gasteiger partial charge in [0.2, 0.25) is 0 Å². The van der Waals surface area contributed by atoms with Crippen LogP contribution in [0.4, 0.5) is 4.79 Å². The second-order valence-electron chi connectivity index (χ2n) is 5.59. The summed E-state index contributed by atoms with van der Waals surface area (Å²) in [6.45, 7) is 1.20. The van der Waals surface area contributed by atoms with E-state index in [1.165, 1.54) is 11.3 Å². The zero-order chi connectivity index (χ0) is 18.7. The van der Waals surface area contributed by atoms with Crippen molar-refractivity contribution in [2.45, 2.75) is 6.10 Å². The Balaban J connectivity index is 1.70. The predicted molar refractivity (Wildman–Crippen MR) is 99.2 cm³/mol. The minimum absolute atomic E-state index is 0.127. The molecule has 2 aromatic rings. The van der Waals surface area contributed by atoms with E-state index in [-0.39, 0.29) is 18.6 Å². The Bertz CT molecular complexity index is 830. The molecular formula is C16H15Cl2N3O4S. The first-order valence-corrected chi connectivity index (χ1v) is 9.36. The van der Waals surface area contributed by atoms with E-state index in [2.05, 4.69) is 10.3 Å². The molecule has 0 aliphatic carbocycles. The lowest BCUT2D eigenvalue weighted by atomic mass is 10.2. The number of ether oxygens (including phenoxy) is 1. The molecule has 0 spiro atoms. The van der Waals surface area contributed by atoms with Gasteiger partial charge in [-0.3, -0.25) is 4.79 Å². The van der Waals surface area contributed by atoms with E-state index in [0.717, 1.165) is 0 Å². The Morgan fingerprint density at radius 2 is 2.23 bits per heavy atom. The van der Waals surface area contributed by atoms with Gasteiger partial charge < -0.3 is 20.1 Å². The number of benzene rings is 1. The van der Waals surface area contributed by atoms with Gasteiger partial charge >= 0.3 is 6.09 Å². The fourth-order valence-electron chi connectivity index (χ4n) is 2.55. The van der Waals surface area contributed by atoms with Gasteiger partial charge in [0.1, 0.15) is 10.7 Å². The lowest BCUT2D eigenvalue weighted by Crippen LogP contribution is -2.49. The molecule has 1 fully saturated rings. The molecule has 2 amide bonds. The van der Waals surface area contributed by atoms with Crippen LogP contribution in [-0.4, -0.2) is 59.3 Å². The molecule has 3 rings (SSSR count). The number of carboxylic acid groups (broad SMARTS) is 1. The average Bonchev–Trinajstić information content (AvgIpc) is 3.09. The van der Waals surface area contributed by atoms with Crippen LogP contribution in [0.25, 0.3) is 10.6 Å². The van der Waals surface area contributed by atoms with E-state index in [4.69, 9.17) is 33.0 Å². The van der Waals surface area contributed by atoms with E-state index in [1.807, 2.05) is 0 Å². The van der Waals surface area contributed by atoms with Crippen LogP contribution in [0.1, 0.15) is 10.5 Å². The molecule has 1 aliphatic heterocycles. The standard InChI is InChI=1S/C16H15Cl2N3O4S/c17-9-1-2-11(12(18)5-9)14-20-13(8-26-14)15(22)21-3-4-25-10(7-21)6-19-16(23)24/h1-2,5,8,10,19H,3-4,6-7H2,(H,23,24). The number of halogens is 2. The number of carbonyl (C=O) groups excluding carboxylic acids is 1. The van der Waals surface area contributed by atoms with Crippen molar-refractivity contribution in [2.24, 2.45) is 0 Å². The summed E-state index contributed by atoms with van der Waals surface area (Å²) < 4.78 is 5.48. The van der Waals surface area contributed by atoms with Crippen molar-refractivity contribution in [2.75, 3.05) is 26.2 Å². The topological polar surface area (TPSA) is 91.8 Å². The van der Waals surface area contributed by atoms with E-state index in [9.17, 15) is 9.59 Å². The number of nitrogens with one attached hydrogen (secondary N) is 1. The third kappa shape index (κ3) is 4.45. The van der Waals surface area contributed by atoms with E-state index in [1.54, 1.807) is 28.5 Å². The molecule has 0 bridgehead atoms. The number of hydrogen-bond acceptors (Lipinski definition) is 5. The van der Waals surface area contributed by atoms with Crippen molar-refractivity contribution >= 4 is 46.5 Å². The van der Waals surface area contributed by atoms with Crippen LogP contribution in [0.15, 0.2) is 23.6 Å². The number of morpholine rings is 1. The van der Waals surface area contributed by atoms with Crippen LogP contribution in [0, 0.1) is 0 Å². The van der Waals surface area contributed by atoms with Gasteiger partial charge in [-0.1, -0.05) is 23.2 Å². The summed E-state index contributed by atoms with van der Waals surface area (Å²) in [5.74, 6) is -0.221. The molecule has 1 aromatic heterocycles. The molecule has 1 atom stereocenters. The lowest BCUT2D eigenvalue weighted by molar-refractivity contribution is -0.0199. The number of thiazole rings is 1. The van der Waals surface area contributed by atoms with E-state index < -0.39 is 6.09 Å². The van der Waals surface area contributed by atoms with Gasteiger partial charge in [-0.15, -0.1) is 11.3 Å². The van der Waals surface area contributed by atoms with Crippen LogP contribution in [0.2, 0.25) is 10.0 Å². The summed E-state index contributed by atoms with van der Waals surface area (Å²) in [5, 5.41) is 14.3. The second kappa shape index (κ2) is 8.22. The maximum Gasteiger partial charge on any atom is 0.404 e. The maximum atomic E-state index is 12.7. The van der Waals surface area contributed by atoms with Crippen molar-refractivity contribution in [3.05, 3.63) is 39.3 Å². The van der Waals surface area contributed by atoms with E-state index in [0.29, 0.717) is 46.0 Å². The number of amides is 2. The van der Waals surface area contributed by atoms with Crippen molar-refractivity contribution in [3.63, 3.8) is 0 Å². The lowest BCUT2D eigenvalue weighted by Gasteiger charge is -2.32. The monoisotopic (exact) mass is 415 g/mol.